The lowest BCUT2D eigenvalue weighted by atomic mass is 9.86. The van der Waals surface area contributed by atoms with E-state index in [-0.39, 0.29) is 11.6 Å². The third-order valence-electron chi connectivity index (χ3n) is 4.20. The normalized spacial score (nSPS) is 31.3. The molecule has 2 unspecified atom stereocenters. The summed E-state index contributed by atoms with van der Waals surface area (Å²) in [6.45, 7) is 6.07. The fraction of sp³-hybridized carbons (Fsp3) is 0.857. The Morgan fingerprint density at radius 3 is 3.00 bits per heavy atom. The Kier molecular flexibility index (Phi) is 3.35. The Morgan fingerprint density at radius 1 is 1.53 bits per heavy atom. The minimum absolute atomic E-state index is 0.219. The molecule has 2 atom stereocenters. The summed E-state index contributed by atoms with van der Waals surface area (Å²) in [6, 6.07) is 0. The molecule has 1 saturated heterocycles. The van der Waals surface area contributed by atoms with Crippen molar-refractivity contribution < 1.29 is 4.74 Å². The summed E-state index contributed by atoms with van der Waals surface area (Å²) in [5.74, 6) is 2.24. The molecule has 1 aliphatic heterocycles. The fourth-order valence-corrected chi connectivity index (χ4v) is 3.10. The maximum atomic E-state index is 6.63. The summed E-state index contributed by atoms with van der Waals surface area (Å²) in [4.78, 5) is 4.41. The van der Waals surface area contributed by atoms with Crippen LogP contribution >= 0.6 is 0 Å². The van der Waals surface area contributed by atoms with Crippen LogP contribution in [0.4, 0.5) is 0 Å². The van der Waals surface area contributed by atoms with Gasteiger partial charge in [-0.3, -0.25) is 0 Å². The Bertz CT molecular complexity index is 440. The van der Waals surface area contributed by atoms with Crippen LogP contribution in [0.15, 0.2) is 6.33 Å². The van der Waals surface area contributed by atoms with Crippen LogP contribution in [0, 0.1) is 11.8 Å². The highest BCUT2D eigenvalue weighted by atomic mass is 16.5. The lowest BCUT2D eigenvalue weighted by Crippen LogP contribution is -2.51. The van der Waals surface area contributed by atoms with E-state index in [0.29, 0.717) is 11.8 Å². The molecule has 2 heterocycles. The molecule has 1 aromatic heterocycles. The quantitative estimate of drug-likeness (QED) is 0.872. The first-order chi connectivity index (χ1) is 9.08. The van der Waals surface area contributed by atoms with Gasteiger partial charge in [0.1, 0.15) is 12.2 Å². The number of nitrogens with zero attached hydrogens (tertiary/aromatic N) is 3. The molecule has 2 aliphatic rings. The number of ether oxygens (including phenoxy) is 1. The number of nitrogens with two attached hydrogens (primary N) is 1. The molecule has 0 bridgehead atoms. The molecule has 0 amide bonds. The van der Waals surface area contributed by atoms with Crippen LogP contribution in [0.1, 0.15) is 38.9 Å². The van der Waals surface area contributed by atoms with Crippen molar-refractivity contribution in [1.82, 2.24) is 14.8 Å². The first-order valence-corrected chi connectivity index (χ1v) is 7.36. The van der Waals surface area contributed by atoms with Gasteiger partial charge < -0.3 is 10.5 Å². The smallest absolute Gasteiger partial charge is 0.138 e. The van der Waals surface area contributed by atoms with E-state index in [2.05, 4.69) is 23.9 Å². The van der Waals surface area contributed by atoms with Gasteiger partial charge in [0.2, 0.25) is 0 Å². The summed E-state index contributed by atoms with van der Waals surface area (Å²) in [5.41, 5.74) is 6.38. The topological polar surface area (TPSA) is 66.0 Å². The summed E-state index contributed by atoms with van der Waals surface area (Å²) in [5, 5.41) is 4.32. The molecular weight excluding hydrogens is 240 g/mol. The minimum Gasteiger partial charge on any atom is -0.376 e. The van der Waals surface area contributed by atoms with Gasteiger partial charge in [0, 0.05) is 19.6 Å². The summed E-state index contributed by atoms with van der Waals surface area (Å²) >= 11 is 0. The second kappa shape index (κ2) is 4.87. The second-order valence-electron chi connectivity index (χ2n) is 6.54. The van der Waals surface area contributed by atoms with Crippen molar-refractivity contribution in [2.24, 2.45) is 17.6 Å². The molecule has 106 valence electrons. The van der Waals surface area contributed by atoms with Crippen molar-refractivity contribution in [2.75, 3.05) is 6.61 Å². The maximum Gasteiger partial charge on any atom is 0.138 e. The molecule has 19 heavy (non-hydrogen) atoms. The summed E-state index contributed by atoms with van der Waals surface area (Å²) < 4.78 is 7.88. The van der Waals surface area contributed by atoms with E-state index in [0.717, 1.165) is 31.8 Å². The number of rotatable bonds is 5. The van der Waals surface area contributed by atoms with Crippen molar-refractivity contribution in [1.29, 1.82) is 0 Å². The molecule has 5 nitrogen and oxygen atoms in total. The monoisotopic (exact) mass is 264 g/mol. The zero-order valence-corrected chi connectivity index (χ0v) is 11.9. The SMILES string of the molecule is CC(C)Cn1ncnc1CC1(N)CCOC1C1CC1. The molecule has 0 aromatic carbocycles. The van der Waals surface area contributed by atoms with Gasteiger partial charge >= 0.3 is 0 Å². The van der Waals surface area contributed by atoms with Gasteiger partial charge in [-0.15, -0.1) is 0 Å². The van der Waals surface area contributed by atoms with Crippen LogP contribution in [0.2, 0.25) is 0 Å². The second-order valence-corrected chi connectivity index (χ2v) is 6.54. The highest BCUT2D eigenvalue weighted by Gasteiger charge is 2.49. The van der Waals surface area contributed by atoms with Gasteiger partial charge in [0.15, 0.2) is 0 Å². The minimum atomic E-state index is -0.247. The van der Waals surface area contributed by atoms with E-state index in [1.807, 2.05) is 4.68 Å². The van der Waals surface area contributed by atoms with Crippen LogP contribution in [-0.2, 0) is 17.7 Å². The van der Waals surface area contributed by atoms with Crippen molar-refractivity contribution in [2.45, 2.75) is 57.7 Å². The van der Waals surface area contributed by atoms with E-state index in [4.69, 9.17) is 10.5 Å². The van der Waals surface area contributed by atoms with E-state index < -0.39 is 0 Å². The zero-order chi connectivity index (χ0) is 13.5. The van der Waals surface area contributed by atoms with Gasteiger partial charge in [-0.25, -0.2) is 9.67 Å². The Balaban J connectivity index is 1.74. The standard InChI is InChI=1S/C14H24N4O/c1-10(2)8-18-12(16-9-17-18)7-14(15)5-6-19-13(14)11-3-4-11/h9-11,13H,3-8,15H2,1-2H3. The van der Waals surface area contributed by atoms with E-state index in [9.17, 15) is 0 Å². The van der Waals surface area contributed by atoms with Crippen molar-refractivity contribution in [3.8, 4) is 0 Å². The third-order valence-corrected chi connectivity index (χ3v) is 4.20. The molecular formula is C14H24N4O. The molecule has 0 radical (unpaired) electrons. The average molecular weight is 264 g/mol. The zero-order valence-electron chi connectivity index (χ0n) is 11.9. The Labute approximate surface area is 114 Å². The molecule has 5 heteroatoms. The average Bonchev–Trinajstić information content (AvgIpc) is 2.99. The predicted octanol–water partition coefficient (Wildman–Crippen LogP) is 1.37. The van der Waals surface area contributed by atoms with Crippen LogP contribution in [-0.4, -0.2) is 33.0 Å². The van der Waals surface area contributed by atoms with Gasteiger partial charge in [0.25, 0.3) is 0 Å². The largest absolute Gasteiger partial charge is 0.376 e. The third kappa shape index (κ3) is 2.67. The summed E-state index contributed by atoms with van der Waals surface area (Å²) in [6.07, 6.45) is 6.11. The first-order valence-electron chi connectivity index (χ1n) is 7.36. The van der Waals surface area contributed by atoms with Crippen molar-refractivity contribution >= 4 is 0 Å². The summed E-state index contributed by atoms with van der Waals surface area (Å²) in [7, 11) is 0. The van der Waals surface area contributed by atoms with Gasteiger partial charge in [-0.1, -0.05) is 13.8 Å². The van der Waals surface area contributed by atoms with Crippen molar-refractivity contribution in [3.05, 3.63) is 12.2 Å². The highest BCUT2D eigenvalue weighted by Crippen LogP contribution is 2.43. The maximum absolute atomic E-state index is 6.63. The van der Waals surface area contributed by atoms with Crippen LogP contribution in [0.25, 0.3) is 0 Å². The Morgan fingerprint density at radius 2 is 2.32 bits per heavy atom. The molecule has 2 N–H and O–H groups in total. The fourth-order valence-electron chi connectivity index (χ4n) is 3.10. The van der Waals surface area contributed by atoms with Crippen molar-refractivity contribution in [3.63, 3.8) is 0 Å². The van der Waals surface area contributed by atoms with Gasteiger partial charge in [-0.2, -0.15) is 5.10 Å². The van der Waals surface area contributed by atoms with Gasteiger partial charge in [0.05, 0.1) is 11.6 Å². The molecule has 0 spiro atoms. The van der Waals surface area contributed by atoms with Crippen LogP contribution in [0.5, 0.6) is 0 Å². The van der Waals surface area contributed by atoms with E-state index in [1.54, 1.807) is 6.33 Å². The van der Waals surface area contributed by atoms with E-state index in [1.165, 1.54) is 12.8 Å². The van der Waals surface area contributed by atoms with Gasteiger partial charge in [-0.05, 0) is 31.1 Å². The number of aromatic nitrogens is 3. The number of hydrogen-bond donors (Lipinski definition) is 1. The molecule has 1 aromatic rings. The highest BCUT2D eigenvalue weighted by molar-refractivity contribution is 5.08. The van der Waals surface area contributed by atoms with E-state index >= 15 is 0 Å². The molecule has 2 fully saturated rings. The lowest BCUT2D eigenvalue weighted by Gasteiger charge is -2.29. The molecule has 3 rings (SSSR count). The van der Waals surface area contributed by atoms with Crippen LogP contribution in [0.3, 0.4) is 0 Å². The first kappa shape index (κ1) is 13.1. The molecule has 1 aliphatic carbocycles. The lowest BCUT2D eigenvalue weighted by molar-refractivity contribution is 0.0618. The number of hydrogen-bond acceptors (Lipinski definition) is 4. The van der Waals surface area contributed by atoms with Crippen LogP contribution < -0.4 is 5.73 Å². The predicted molar refractivity (Wildman–Crippen MR) is 72.6 cm³/mol. The Hall–Kier alpha value is -0.940. The molecule has 1 saturated carbocycles.